The maximum atomic E-state index is 10.9. The summed E-state index contributed by atoms with van der Waals surface area (Å²) in [7, 11) is 0. The number of hydrogen-bond donors (Lipinski definition) is 1. The van der Waals surface area contributed by atoms with Gasteiger partial charge in [0.2, 0.25) is 0 Å². The maximum absolute atomic E-state index is 10.9. The molecule has 0 aliphatic heterocycles. The van der Waals surface area contributed by atoms with Crippen LogP contribution in [0.4, 0.5) is 0 Å². The second kappa shape index (κ2) is 5.01. The SMILES string of the molecule is CCC[C](C)(C)[Sn][c]1ccc(=O)[nH]c1. The Kier molecular flexibility index (Phi) is 4.23. The zero-order valence-electron chi connectivity index (χ0n) is 9.05. The zero-order valence-corrected chi connectivity index (χ0v) is 11.9. The fourth-order valence-corrected chi connectivity index (χ4v) is 5.75. The number of nitrogens with one attached hydrogen (secondary N) is 1. The van der Waals surface area contributed by atoms with Crippen LogP contribution in [0.5, 0.6) is 0 Å². The molecule has 1 aromatic heterocycles. The van der Waals surface area contributed by atoms with Gasteiger partial charge in [0.05, 0.1) is 0 Å². The zero-order chi connectivity index (χ0) is 10.6. The summed E-state index contributed by atoms with van der Waals surface area (Å²) in [5, 5.41) is 0. The number of aromatic amines is 1. The molecule has 0 aliphatic carbocycles. The molecule has 1 rings (SSSR count). The average molecular weight is 298 g/mol. The summed E-state index contributed by atoms with van der Waals surface area (Å²) in [6.07, 6.45) is 4.43. The van der Waals surface area contributed by atoms with E-state index in [0.717, 1.165) is 0 Å². The van der Waals surface area contributed by atoms with Gasteiger partial charge in [0, 0.05) is 0 Å². The number of H-pyrrole nitrogens is 1. The van der Waals surface area contributed by atoms with Gasteiger partial charge in [-0.1, -0.05) is 0 Å². The third-order valence-corrected chi connectivity index (χ3v) is 6.50. The fraction of sp³-hybridized carbons (Fsp3) is 0.545. The molecule has 0 unspecified atom stereocenters. The first-order valence-electron chi connectivity index (χ1n) is 5.00. The van der Waals surface area contributed by atoms with Crippen molar-refractivity contribution in [1.29, 1.82) is 0 Å². The van der Waals surface area contributed by atoms with Crippen molar-refractivity contribution in [3.05, 3.63) is 28.7 Å². The van der Waals surface area contributed by atoms with Gasteiger partial charge in [-0.3, -0.25) is 0 Å². The van der Waals surface area contributed by atoms with Crippen molar-refractivity contribution in [3.63, 3.8) is 0 Å². The molecule has 0 aromatic carbocycles. The van der Waals surface area contributed by atoms with E-state index in [2.05, 4.69) is 25.8 Å². The molecule has 0 saturated heterocycles. The summed E-state index contributed by atoms with van der Waals surface area (Å²) < 4.78 is 1.88. The molecule has 0 bridgehead atoms. The summed E-state index contributed by atoms with van der Waals surface area (Å²) in [6, 6.07) is 3.63. The van der Waals surface area contributed by atoms with Crippen LogP contribution in [0.15, 0.2) is 23.1 Å². The van der Waals surface area contributed by atoms with Gasteiger partial charge in [-0.25, -0.2) is 0 Å². The van der Waals surface area contributed by atoms with Gasteiger partial charge in [0.15, 0.2) is 0 Å². The van der Waals surface area contributed by atoms with Gasteiger partial charge in [0.25, 0.3) is 0 Å². The number of rotatable bonds is 4. The molecule has 1 aromatic rings. The van der Waals surface area contributed by atoms with E-state index in [1.807, 2.05) is 12.3 Å². The molecule has 1 heterocycles. The Hall–Kier alpha value is -0.251. The Morgan fingerprint density at radius 2 is 2.14 bits per heavy atom. The van der Waals surface area contributed by atoms with E-state index in [4.69, 9.17) is 0 Å². The molecule has 0 spiro atoms. The molecule has 0 amide bonds. The third-order valence-electron chi connectivity index (χ3n) is 2.14. The van der Waals surface area contributed by atoms with E-state index in [-0.39, 0.29) is 5.56 Å². The molecule has 0 saturated carbocycles. The predicted molar refractivity (Wildman–Crippen MR) is 61.4 cm³/mol. The van der Waals surface area contributed by atoms with E-state index in [1.165, 1.54) is 16.4 Å². The van der Waals surface area contributed by atoms with Gasteiger partial charge in [-0.15, -0.1) is 0 Å². The fourth-order valence-electron chi connectivity index (χ4n) is 1.57. The van der Waals surface area contributed by atoms with Crippen LogP contribution < -0.4 is 9.14 Å². The van der Waals surface area contributed by atoms with Gasteiger partial charge in [0.1, 0.15) is 0 Å². The van der Waals surface area contributed by atoms with Crippen molar-refractivity contribution >= 4 is 24.7 Å². The van der Waals surface area contributed by atoms with Crippen molar-refractivity contribution in [3.8, 4) is 0 Å². The first kappa shape index (κ1) is 11.8. The van der Waals surface area contributed by atoms with Crippen molar-refractivity contribution in [2.45, 2.75) is 37.0 Å². The van der Waals surface area contributed by atoms with E-state index in [0.29, 0.717) is 3.43 Å². The summed E-state index contributed by atoms with van der Waals surface area (Å²) in [4.78, 5) is 13.6. The third kappa shape index (κ3) is 3.86. The van der Waals surface area contributed by atoms with Crippen LogP contribution in [0.2, 0.25) is 3.43 Å². The molecular formula is C11H17NOSn. The van der Waals surface area contributed by atoms with E-state index < -0.39 is 21.1 Å². The monoisotopic (exact) mass is 299 g/mol. The summed E-state index contributed by atoms with van der Waals surface area (Å²) >= 11 is -0.573. The Balaban J connectivity index is 2.68. The molecule has 0 aliphatic rings. The van der Waals surface area contributed by atoms with Crippen LogP contribution >= 0.6 is 0 Å². The quantitative estimate of drug-likeness (QED) is 0.843. The van der Waals surface area contributed by atoms with Crippen LogP contribution in [0, 0.1) is 0 Å². The van der Waals surface area contributed by atoms with Crippen LogP contribution in [0.3, 0.4) is 0 Å². The topological polar surface area (TPSA) is 32.9 Å². The molecule has 2 nitrogen and oxygen atoms in total. The number of aromatic nitrogens is 1. The summed E-state index contributed by atoms with van der Waals surface area (Å²) in [6.45, 7) is 6.91. The Morgan fingerprint density at radius 3 is 2.64 bits per heavy atom. The second-order valence-electron chi connectivity index (χ2n) is 4.20. The minimum atomic E-state index is -0.573. The predicted octanol–water partition coefficient (Wildman–Crippen LogP) is 1.70. The van der Waals surface area contributed by atoms with Crippen LogP contribution in [0.1, 0.15) is 33.6 Å². The normalized spacial score (nSPS) is 11.6. The Bertz CT molecular complexity index is 323. The molecule has 0 atom stereocenters. The van der Waals surface area contributed by atoms with Crippen LogP contribution in [-0.4, -0.2) is 26.1 Å². The molecule has 3 heteroatoms. The van der Waals surface area contributed by atoms with Crippen LogP contribution in [0.25, 0.3) is 0 Å². The Labute approximate surface area is 95.3 Å². The molecule has 1 N–H and O–H groups in total. The van der Waals surface area contributed by atoms with E-state index in [1.54, 1.807) is 6.07 Å². The van der Waals surface area contributed by atoms with Crippen molar-refractivity contribution < 1.29 is 0 Å². The van der Waals surface area contributed by atoms with E-state index >= 15 is 0 Å². The Morgan fingerprint density at radius 1 is 1.43 bits per heavy atom. The van der Waals surface area contributed by atoms with Gasteiger partial charge in [-0.2, -0.15) is 0 Å². The van der Waals surface area contributed by atoms with Crippen molar-refractivity contribution in [2.75, 3.05) is 0 Å². The van der Waals surface area contributed by atoms with Gasteiger partial charge < -0.3 is 0 Å². The van der Waals surface area contributed by atoms with Crippen molar-refractivity contribution in [1.82, 2.24) is 4.98 Å². The molecule has 2 radical (unpaired) electrons. The van der Waals surface area contributed by atoms with Gasteiger partial charge in [-0.05, 0) is 0 Å². The second-order valence-corrected chi connectivity index (χ2v) is 10.4. The molecule has 14 heavy (non-hydrogen) atoms. The van der Waals surface area contributed by atoms with Crippen LogP contribution in [-0.2, 0) is 0 Å². The first-order valence-corrected chi connectivity index (χ1v) is 7.86. The standard InChI is InChI=1S/C6H13.C5H4NO.Sn/c1-4-5-6(2)3;7-5-3-1-2-4-6-5;/h4-5H2,1-3H3;1,3-4H,(H,6,7);. The van der Waals surface area contributed by atoms with E-state index in [9.17, 15) is 4.79 Å². The first-order chi connectivity index (χ1) is 6.53. The molecular weight excluding hydrogens is 281 g/mol. The molecule has 0 fully saturated rings. The van der Waals surface area contributed by atoms with Gasteiger partial charge >= 0.3 is 95.4 Å². The minimum absolute atomic E-state index is 0.00132. The number of pyridine rings is 1. The summed E-state index contributed by atoms with van der Waals surface area (Å²) in [5.74, 6) is 0. The summed E-state index contributed by atoms with van der Waals surface area (Å²) in [5.41, 5.74) is 0.00132. The molecule has 76 valence electrons. The number of hydrogen-bond acceptors (Lipinski definition) is 1. The average Bonchev–Trinajstić information content (AvgIpc) is 2.08. The van der Waals surface area contributed by atoms with Crippen molar-refractivity contribution in [2.24, 2.45) is 0 Å².